The molecule has 0 radical (unpaired) electrons. The second-order valence-corrected chi connectivity index (χ2v) is 7.86. The van der Waals surface area contributed by atoms with E-state index in [1.807, 2.05) is 32.0 Å². The maximum absolute atomic E-state index is 13.4. The highest BCUT2D eigenvalue weighted by Crippen LogP contribution is 2.35. The second kappa shape index (κ2) is 9.40. The highest BCUT2D eigenvalue weighted by molar-refractivity contribution is 5.95. The smallest absolute Gasteiger partial charge is 0.367 e. The molecule has 1 aliphatic rings. The van der Waals surface area contributed by atoms with Crippen LogP contribution in [-0.2, 0) is 11.0 Å². The molecule has 174 valence electrons. The van der Waals surface area contributed by atoms with E-state index in [0.717, 1.165) is 23.3 Å². The van der Waals surface area contributed by atoms with Crippen molar-refractivity contribution in [1.29, 1.82) is 5.26 Å². The number of amides is 3. The van der Waals surface area contributed by atoms with Crippen molar-refractivity contribution in [2.45, 2.75) is 26.1 Å². The van der Waals surface area contributed by atoms with E-state index in [4.69, 9.17) is 5.26 Å². The van der Waals surface area contributed by atoms with Crippen LogP contribution < -0.4 is 15.5 Å². The van der Waals surface area contributed by atoms with Gasteiger partial charge in [0.15, 0.2) is 0 Å². The summed E-state index contributed by atoms with van der Waals surface area (Å²) >= 11 is 0. The minimum atomic E-state index is -4.69. The van der Waals surface area contributed by atoms with Gasteiger partial charge in [-0.15, -0.1) is 0 Å². The fourth-order valence-corrected chi connectivity index (χ4v) is 3.77. The topological polar surface area (TPSA) is 88.5 Å². The van der Waals surface area contributed by atoms with Gasteiger partial charge in [0.25, 0.3) is 0 Å². The Hall–Kier alpha value is -3.74. The van der Waals surface area contributed by atoms with Crippen molar-refractivity contribution in [1.82, 2.24) is 10.2 Å². The van der Waals surface area contributed by atoms with Crippen LogP contribution in [0, 0.1) is 25.2 Å². The van der Waals surface area contributed by atoms with Gasteiger partial charge in [0.2, 0.25) is 5.91 Å². The van der Waals surface area contributed by atoms with E-state index < -0.39 is 35.3 Å². The highest BCUT2D eigenvalue weighted by Gasteiger charge is 2.37. The van der Waals surface area contributed by atoms with Crippen LogP contribution in [0.1, 0.15) is 22.3 Å². The van der Waals surface area contributed by atoms with Crippen LogP contribution in [0.3, 0.4) is 0 Å². The molecule has 0 spiro atoms. The third-order valence-corrected chi connectivity index (χ3v) is 5.62. The number of carbonyl (C=O) groups is 2. The zero-order valence-corrected chi connectivity index (χ0v) is 18.5. The van der Waals surface area contributed by atoms with Crippen molar-refractivity contribution in [3.63, 3.8) is 0 Å². The molecule has 2 aromatic carbocycles. The molecule has 0 aliphatic carbocycles. The van der Waals surface area contributed by atoms with Gasteiger partial charge in [0.05, 0.1) is 17.2 Å². The Balaban J connectivity index is 1.85. The summed E-state index contributed by atoms with van der Waals surface area (Å²) in [6, 6.07) is 9.24. The average molecular weight is 459 g/mol. The molecule has 0 aromatic heterocycles. The van der Waals surface area contributed by atoms with Gasteiger partial charge < -0.3 is 20.4 Å². The van der Waals surface area contributed by atoms with Gasteiger partial charge in [-0.3, -0.25) is 4.79 Å². The second-order valence-electron chi connectivity index (χ2n) is 7.86. The molecule has 1 unspecified atom stereocenters. The molecule has 1 saturated heterocycles. The number of rotatable bonds is 3. The van der Waals surface area contributed by atoms with Crippen LogP contribution in [-0.4, -0.2) is 49.6 Å². The number of aryl methyl sites for hydroxylation is 2. The van der Waals surface area contributed by atoms with E-state index in [9.17, 15) is 22.8 Å². The maximum atomic E-state index is 13.4. The van der Waals surface area contributed by atoms with E-state index in [2.05, 4.69) is 10.6 Å². The molecular weight excluding hydrogens is 435 g/mol. The first-order valence-electron chi connectivity index (χ1n) is 10.3. The molecule has 2 N–H and O–H groups in total. The molecule has 0 saturated carbocycles. The normalized spacial score (nSPS) is 16.2. The van der Waals surface area contributed by atoms with Crippen LogP contribution in [0.4, 0.5) is 29.3 Å². The lowest BCUT2D eigenvalue weighted by atomic mass is 10.0. The monoisotopic (exact) mass is 459 g/mol. The van der Waals surface area contributed by atoms with Crippen molar-refractivity contribution in [3.8, 4) is 6.07 Å². The summed E-state index contributed by atoms with van der Waals surface area (Å²) in [6.45, 7) is 4.09. The Morgan fingerprint density at radius 2 is 1.85 bits per heavy atom. The van der Waals surface area contributed by atoms with Crippen LogP contribution in [0.15, 0.2) is 36.4 Å². The van der Waals surface area contributed by atoms with E-state index in [-0.39, 0.29) is 25.3 Å². The van der Waals surface area contributed by atoms with Gasteiger partial charge in [-0.05, 0) is 49.2 Å². The molecular formula is C23H24F3N5O2. The molecule has 3 amide bonds. The number of benzene rings is 2. The number of anilines is 2. The number of hydrogen-bond donors (Lipinski definition) is 2. The average Bonchev–Trinajstić information content (AvgIpc) is 2.79. The Morgan fingerprint density at radius 1 is 1.12 bits per heavy atom. The molecule has 1 heterocycles. The van der Waals surface area contributed by atoms with Crippen LogP contribution in [0.5, 0.6) is 0 Å². The number of nitriles is 1. The molecule has 0 bridgehead atoms. The highest BCUT2D eigenvalue weighted by atomic mass is 19.4. The molecule has 3 rings (SSSR count). The fourth-order valence-electron chi connectivity index (χ4n) is 3.77. The summed E-state index contributed by atoms with van der Waals surface area (Å²) in [5.41, 5.74) is 1.17. The van der Waals surface area contributed by atoms with Crippen molar-refractivity contribution in [3.05, 3.63) is 58.7 Å². The van der Waals surface area contributed by atoms with Crippen molar-refractivity contribution < 1.29 is 22.8 Å². The lowest BCUT2D eigenvalue weighted by Gasteiger charge is -2.41. The zero-order chi connectivity index (χ0) is 24.3. The first-order chi connectivity index (χ1) is 15.5. The maximum Gasteiger partial charge on any atom is 0.417 e. The van der Waals surface area contributed by atoms with Crippen molar-refractivity contribution >= 4 is 23.3 Å². The minimum Gasteiger partial charge on any atom is -0.367 e. The van der Waals surface area contributed by atoms with Gasteiger partial charge in [-0.2, -0.15) is 18.4 Å². The summed E-state index contributed by atoms with van der Waals surface area (Å²) in [7, 11) is 1.44. The Labute approximate surface area is 189 Å². The summed E-state index contributed by atoms with van der Waals surface area (Å²) < 4.78 is 40.1. The Bertz CT molecular complexity index is 1110. The number of alkyl halides is 3. The summed E-state index contributed by atoms with van der Waals surface area (Å²) in [6.07, 6.45) is -4.69. The molecule has 7 nitrogen and oxygen atoms in total. The Morgan fingerprint density at radius 3 is 2.48 bits per heavy atom. The zero-order valence-electron chi connectivity index (χ0n) is 18.5. The Kier molecular flexibility index (Phi) is 6.81. The fraction of sp³-hybridized carbons (Fsp3) is 0.348. The molecule has 1 fully saturated rings. The lowest BCUT2D eigenvalue weighted by molar-refractivity contribution is -0.137. The summed E-state index contributed by atoms with van der Waals surface area (Å²) in [5, 5.41) is 14.4. The van der Waals surface area contributed by atoms with Crippen LogP contribution >= 0.6 is 0 Å². The number of halogens is 3. The summed E-state index contributed by atoms with van der Waals surface area (Å²) in [5.74, 6) is -0.430. The molecule has 1 atom stereocenters. The standard InChI is InChI=1S/C23H24F3N5O2/c1-14-4-5-15(2)19(10-14)29-22(33)31-9-8-30(13-20(31)21(32)28-3)17-7-6-16(12-27)18(11-17)23(24,25)26/h4-7,10-11,20H,8-9,13H2,1-3H3,(H,28,32)(H,29,33). The number of piperazine rings is 1. The van der Waals surface area contributed by atoms with Crippen LogP contribution in [0.2, 0.25) is 0 Å². The number of nitrogens with zero attached hydrogens (tertiary/aromatic N) is 3. The lowest BCUT2D eigenvalue weighted by Crippen LogP contribution is -2.61. The third kappa shape index (κ3) is 5.19. The van der Waals surface area contributed by atoms with E-state index >= 15 is 0 Å². The van der Waals surface area contributed by atoms with Gasteiger partial charge >= 0.3 is 12.2 Å². The first kappa shape index (κ1) is 23.9. The van der Waals surface area contributed by atoms with E-state index in [1.165, 1.54) is 18.0 Å². The summed E-state index contributed by atoms with van der Waals surface area (Å²) in [4.78, 5) is 28.6. The molecule has 2 aromatic rings. The third-order valence-electron chi connectivity index (χ3n) is 5.62. The SMILES string of the molecule is CNC(=O)C1CN(c2ccc(C#N)c(C(F)(F)F)c2)CCN1C(=O)Nc1cc(C)ccc1C. The molecule has 33 heavy (non-hydrogen) atoms. The minimum absolute atomic E-state index is 0.00307. The number of urea groups is 1. The predicted octanol–water partition coefficient (Wildman–Crippen LogP) is 3.66. The molecule has 10 heteroatoms. The quantitative estimate of drug-likeness (QED) is 0.733. The molecule has 1 aliphatic heterocycles. The number of nitrogens with one attached hydrogen (secondary N) is 2. The van der Waals surface area contributed by atoms with Crippen LogP contribution in [0.25, 0.3) is 0 Å². The van der Waals surface area contributed by atoms with E-state index in [0.29, 0.717) is 5.69 Å². The number of hydrogen-bond acceptors (Lipinski definition) is 4. The number of carbonyl (C=O) groups excluding carboxylic acids is 2. The van der Waals surface area contributed by atoms with Gasteiger partial charge in [-0.25, -0.2) is 4.79 Å². The largest absolute Gasteiger partial charge is 0.417 e. The predicted molar refractivity (Wildman–Crippen MR) is 118 cm³/mol. The van der Waals surface area contributed by atoms with Gasteiger partial charge in [0, 0.05) is 38.1 Å². The van der Waals surface area contributed by atoms with Gasteiger partial charge in [-0.1, -0.05) is 12.1 Å². The van der Waals surface area contributed by atoms with Gasteiger partial charge in [0.1, 0.15) is 6.04 Å². The van der Waals surface area contributed by atoms with E-state index in [1.54, 1.807) is 11.0 Å². The first-order valence-corrected chi connectivity index (χ1v) is 10.3. The van der Waals surface area contributed by atoms with Crippen molar-refractivity contribution in [2.24, 2.45) is 0 Å². The number of likely N-dealkylation sites (N-methyl/N-ethyl adjacent to an activating group) is 1. The van der Waals surface area contributed by atoms with Crippen molar-refractivity contribution in [2.75, 3.05) is 36.9 Å².